The number of hydrogen-bond donors (Lipinski definition) is 0. The van der Waals surface area contributed by atoms with Gasteiger partial charge in [0.25, 0.3) is 0 Å². The van der Waals surface area contributed by atoms with E-state index in [1.807, 2.05) is 0 Å². The summed E-state index contributed by atoms with van der Waals surface area (Å²) in [6.45, 7) is 5.28. The molecule has 0 amide bonds. The van der Waals surface area contributed by atoms with E-state index < -0.39 is 0 Å². The first kappa shape index (κ1) is 14.0. The van der Waals surface area contributed by atoms with Crippen molar-refractivity contribution in [3.8, 4) is 5.75 Å². The summed E-state index contributed by atoms with van der Waals surface area (Å²) in [6.07, 6.45) is 2.25. The third kappa shape index (κ3) is 2.90. The minimum Gasteiger partial charge on any atom is -0.493 e. The number of hydrogen-bond acceptors (Lipinski definition) is 2. The molecule has 0 spiro atoms. The molecule has 0 fully saturated rings. The molecule has 0 unspecified atom stereocenters. The zero-order chi connectivity index (χ0) is 14.8. The highest BCUT2D eigenvalue weighted by molar-refractivity contribution is 5.65. The second-order valence-electron chi connectivity index (χ2n) is 6.05. The van der Waals surface area contributed by atoms with Crippen molar-refractivity contribution >= 4 is 11.4 Å². The first-order valence-electron chi connectivity index (χ1n) is 7.74. The molecule has 2 aromatic rings. The molecule has 2 aromatic carbocycles. The summed E-state index contributed by atoms with van der Waals surface area (Å²) >= 11 is 0. The molecule has 1 aliphatic heterocycles. The molecular formula is C19H23NO. The quantitative estimate of drug-likeness (QED) is 0.793. The van der Waals surface area contributed by atoms with Gasteiger partial charge in [-0.05, 0) is 48.1 Å². The minimum atomic E-state index is 0.571. The van der Waals surface area contributed by atoms with E-state index in [2.05, 4.69) is 68.3 Å². The van der Waals surface area contributed by atoms with Crippen LogP contribution in [0.1, 0.15) is 37.3 Å². The van der Waals surface area contributed by atoms with Gasteiger partial charge >= 0.3 is 0 Å². The summed E-state index contributed by atoms with van der Waals surface area (Å²) < 4.78 is 5.77. The molecule has 0 aliphatic carbocycles. The molecule has 0 atom stereocenters. The van der Waals surface area contributed by atoms with Gasteiger partial charge in [0.1, 0.15) is 5.75 Å². The zero-order valence-corrected chi connectivity index (χ0v) is 13.1. The smallest absolute Gasteiger partial charge is 0.124 e. The lowest BCUT2D eigenvalue weighted by molar-refractivity contribution is 0.288. The van der Waals surface area contributed by atoms with Gasteiger partial charge < -0.3 is 9.64 Å². The van der Waals surface area contributed by atoms with E-state index >= 15 is 0 Å². The highest BCUT2D eigenvalue weighted by atomic mass is 16.5. The first-order chi connectivity index (χ1) is 10.1. The van der Waals surface area contributed by atoms with Crippen molar-refractivity contribution in [1.82, 2.24) is 0 Å². The second kappa shape index (κ2) is 5.80. The Balaban J connectivity index is 1.85. The number of nitrogens with zero attached hydrogens (tertiary/aromatic N) is 1. The molecule has 0 N–H and O–H groups in total. The average molecular weight is 281 g/mol. The van der Waals surface area contributed by atoms with Crippen molar-refractivity contribution in [2.24, 2.45) is 0 Å². The van der Waals surface area contributed by atoms with Gasteiger partial charge in [-0.2, -0.15) is 0 Å². The van der Waals surface area contributed by atoms with E-state index in [-0.39, 0.29) is 0 Å². The van der Waals surface area contributed by atoms with Crippen LogP contribution in [-0.2, 0) is 6.42 Å². The Bertz CT molecular complexity index is 616. The number of rotatable bonds is 3. The lowest BCUT2D eigenvalue weighted by Gasteiger charge is -2.23. The molecule has 0 saturated carbocycles. The molecular weight excluding hydrogens is 258 g/mol. The normalized spacial score (nSPS) is 13.7. The standard InChI is InChI=1S/C19H23NO/c1-14(2)15-6-9-17(10-7-15)20(3)18-11-8-16-5-4-12-21-19(16)13-18/h6-11,13-14H,4-5,12H2,1-3H3. The highest BCUT2D eigenvalue weighted by Crippen LogP contribution is 2.32. The summed E-state index contributed by atoms with van der Waals surface area (Å²) in [7, 11) is 2.11. The fourth-order valence-electron chi connectivity index (χ4n) is 2.77. The molecule has 1 aliphatic rings. The summed E-state index contributed by atoms with van der Waals surface area (Å²) in [5, 5.41) is 0. The van der Waals surface area contributed by atoms with Gasteiger partial charge in [0.2, 0.25) is 0 Å². The van der Waals surface area contributed by atoms with Crippen LogP contribution >= 0.6 is 0 Å². The molecule has 2 nitrogen and oxygen atoms in total. The highest BCUT2D eigenvalue weighted by Gasteiger charge is 2.13. The number of aryl methyl sites for hydroxylation is 1. The molecule has 110 valence electrons. The fraction of sp³-hybridized carbons (Fsp3) is 0.368. The van der Waals surface area contributed by atoms with Gasteiger partial charge in [0, 0.05) is 24.5 Å². The first-order valence-corrected chi connectivity index (χ1v) is 7.74. The monoisotopic (exact) mass is 281 g/mol. The molecule has 3 rings (SSSR count). The Kier molecular flexibility index (Phi) is 3.87. The summed E-state index contributed by atoms with van der Waals surface area (Å²) in [5.41, 5.74) is 5.08. The molecule has 21 heavy (non-hydrogen) atoms. The molecule has 0 saturated heterocycles. The largest absolute Gasteiger partial charge is 0.493 e. The topological polar surface area (TPSA) is 12.5 Å². The van der Waals surface area contributed by atoms with Crippen LogP contribution in [0.4, 0.5) is 11.4 Å². The summed E-state index contributed by atoms with van der Waals surface area (Å²) in [4.78, 5) is 2.21. The molecule has 0 radical (unpaired) electrons. The van der Waals surface area contributed by atoms with Crippen molar-refractivity contribution in [2.75, 3.05) is 18.6 Å². The number of ether oxygens (including phenoxy) is 1. The predicted octanol–water partition coefficient (Wildman–Crippen LogP) is 4.90. The van der Waals surface area contributed by atoms with E-state index in [4.69, 9.17) is 4.74 Å². The SMILES string of the molecule is CC(C)c1ccc(N(C)c2ccc3c(c2)OCCC3)cc1. The van der Waals surface area contributed by atoms with E-state index in [9.17, 15) is 0 Å². The maximum Gasteiger partial charge on any atom is 0.124 e. The maximum atomic E-state index is 5.77. The van der Waals surface area contributed by atoms with Crippen LogP contribution in [0.15, 0.2) is 42.5 Å². The van der Waals surface area contributed by atoms with Crippen molar-refractivity contribution in [2.45, 2.75) is 32.6 Å². The lowest BCUT2D eigenvalue weighted by Crippen LogP contribution is -2.12. The summed E-state index contributed by atoms with van der Waals surface area (Å²) in [5.74, 6) is 1.62. The Morgan fingerprint density at radius 1 is 1.00 bits per heavy atom. The average Bonchev–Trinajstić information content (AvgIpc) is 2.54. The lowest BCUT2D eigenvalue weighted by atomic mass is 10.0. The van der Waals surface area contributed by atoms with Crippen LogP contribution in [0, 0.1) is 0 Å². The van der Waals surface area contributed by atoms with Gasteiger partial charge in [0.05, 0.1) is 6.61 Å². The van der Waals surface area contributed by atoms with Gasteiger partial charge in [-0.3, -0.25) is 0 Å². The molecule has 2 heteroatoms. The van der Waals surface area contributed by atoms with Gasteiger partial charge in [0.15, 0.2) is 0 Å². The van der Waals surface area contributed by atoms with Crippen molar-refractivity contribution in [3.63, 3.8) is 0 Å². The van der Waals surface area contributed by atoms with Crippen molar-refractivity contribution < 1.29 is 4.74 Å². The fourth-order valence-corrected chi connectivity index (χ4v) is 2.77. The minimum absolute atomic E-state index is 0.571. The van der Waals surface area contributed by atoms with Crippen molar-refractivity contribution in [1.29, 1.82) is 0 Å². The van der Waals surface area contributed by atoms with Crippen LogP contribution < -0.4 is 9.64 Å². The Morgan fingerprint density at radius 2 is 1.71 bits per heavy atom. The van der Waals surface area contributed by atoms with E-state index in [0.717, 1.165) is 25.2 Å². The second-order valence-corrected chi connectivity index (χ2v) is 6.05. The van der Waals surface area contributed by atoms with Crippen LogP contribution in [0.2, 0.25) is 0 Å². The van der Waals surface area contributed by atoms with E-state index in [1.54, 1.807) is 0 Å². The van der Waals surface area contributed by atoms with Crippen LogP contribution in [-0.4, -0.2) is 13.7 Å². The maximum absolute atomic E-state index is 5.77. The zero-order valence-electron chi connectivity index (χ0n) is 13.1. The summed E-state index contributed by atoms with van der Waals surface area (Å²) in [6, 6.07) is 15.3. The van der Waals surface area contributed by atoms with E-state index in [0.29, 0.717) is 5.92 Å². The Labute approximate surface area is 127 Å². The van der Waals surface area contributed by atoms with Crippen LogP contribution in [0.3, 0.4) is 0 Å². The third-order valence-corrected chi connectivity index (χ3v) is 4.23. The molecule has 0 bridgehead atoms. The molecule has 1 heterocycles. The predicted molar refractivity (Wildman–Crippen MR) is 88.9 cm³/mol. The number of anilines is 2. The molecule has 0 aromatic heterocycles. The number of benzene rings is 2. The van der Waals surface area contributed by atoms with Gasteiger partial charge in [-0.15, -0.1) is 0 Å². The Morgan fingerprint density at radius 3 is 2.43 bits per heavy atom. The Hall–Kier alpha value is -1.96. The van der Waals surface area contributed by atoms with Gasteiger partial charge in [-0.1, -0.05) is 32.0 Å². The number of fused-ring (bicyclic) bond motifs is 1. The van der Waals surface area contributed by atoms with Crippen molar-refractivity contribution in [3.05, 3.63) is 53.6 Å². The third-order valence-electron chi connectivity index (χ3n) is 4.23. The van der Waals surface area contributed by atoms with E-state index in [1.165, 1.54) is 22.5 Å². The van der Waals surface area contributed by atoms with Gasteiger partial charge in [-0.25, -0.2) is 0 Å². The van der Waals surface area contributed by atoms with Crippen LogP contribution in [0.5, 0.6) is 5.75 Å². The van der Waals surface area contributed by atoms with Crippen LogP contribution in [0.25, 0.3) is 0 Å².